The standard InChI is InChI=1S/C21H24N4OS/c1-12-8-9-16(10-13(12)2)25-19-7-5-6-18(17(19)11-22-25)24-21(26)20-14(3)23-15(4)27-20/h8-11,18H,5-7H2,1-4H3,(H,24,26). The smallest absolute Gasteiger partial charge is 0.263 e. The van der Waals surface area contributed by atoms with Gasteiger partial charge in [-0.3, -0.25) is 4.79 Å². The zero-order chi connectivity index (χ0) is 19.1. The number of rotatable bonds is 3. The number of aromatic nitrogens is 3. The van der Waals surface area contributed by atoms with Gasteiger partial charge in [-0.2, -0.15) is 5.10 Å². The molecular formula is C21H24N4OS. The lowest BCUT2D eigenvalue weighted by molar-refractivity contribution is 0.0936. The Morgan fingerprint density at radius 2 is 2.04 bits per heavy atom. The average molecular weight is 381 g/mol. The maximum absolute atomic E-state index is 12.7. The summed E-state index contributed by atoms with van der Waals surface area (Å²) in [5.41, 5.74) is 6.75. The zero-order valence-corrected chi connectivity index (χ0v) is 17.0. The lowest BCUT2D eigenvalue weighted by Gasteiger charge is -2.24. The molecule has 5 nitrogen and oxygen atoms in total. The second-order valence-electron chi connectivity index (χ2n) is 7.29. The quantitative estimate of drug-likeness (QED) is 0.734. The molecule has 0 spiro atoms. The highest BCUT2D eigenvalue weighted by Gasteiger charge is 2.27. The van der Waals surface area contributed by atoms with Gasteiger partial charge in [-0.05, 0) is 70.2 Å². The number of nitrogens with zero attached hydrogens (tertiary/aromatic N) is 3. The van der Waals surface area contributed by atoms with Crippen LogP contribution in [0.2, 0.25) is 0 Å². The highest BCUT2D eigenvalue weighted by Crippen LogP contribution is 2.32. The molecule has 4 rings (SSSR count). The molecule has 0 radical (unpaired) electrons. The molecular weight excluding hydrogens is 356 g/mol. The fourth-order valence-corrected chi connectivity index (χ4v) is 4.58. The van der Waals surface area contributed by atoms with Gasteiger partial charge in [0.25, 0.3) is 5.91 Å². The second kappa shape index (κ2) is 6.93. The molecule has 0 fully saturated rings. The van der Waals surface area contributed by atoms with E-state index in [-0.39, 0.29) is 11.9 Å². The highest BCUT2D eigenvalue weighted by atomic mass is 32.1. The first-order valence-electron chi connectivity index (χ1n) is 9.33. The summed E-state index contributed by atoms with van der Waals surface area (Å²) in [5, 5.41) is 8.78. The van der Waals surface area contributed by atoms with Gasteiger partial charge in [-0.15, -0.1) is 11.3 Å². The molecule has 1 aliphatic rings. The van der Waals surface area contributed by atoms with Crippen LogP contribution in [0.15, 0.2) is 24.4 Å². The molecule has 1 atom stereocenters. The van der Waals surface area contributed by atoms with E-state index < -0.39 is 0 Å². The third-order valence-corrected chi connectivity index (χ3v) is 6.40. The van der Waals surface area contributed by atoms with Crippen LogP contribution in [-0.4, -0.2) is 20.7 Å². The molecule has 27 heavy (non-hydrogen) atoms. The summed E-state index contributed by atoms with van der Waals surface area (Å²) < 4.78 is 2.03. The molecule has 0 aliphatic heterocycles. The monoisotopic (exact) mass is 380 g/mol. The van der Waals surface area contributed by atoms with Crippen molar-refractivity contribution < 1.29 is 4.79 Å². The van der Waals surface area contributed by atoms with Crippen molar-refractivity contribution in [2.45, 2.75) is 53.0 Å². The van der Waals surface area contributed by atoms with Crippen LogP contribution >= 0.6 is 11.3 Å². The van der Waals surface area contributed by atoms with Gasteiger partial charge in [0.05, 0.1) is 28.6 Å². The lowest BCUT2D eigenvalue weighted by Crippen LogP contribution is -2.30. The Kier molecular flexibility index (Phi) is 4.60. The normalized spacial score (nSPS) is 16.2. The average Bonchev–Trinajstić information content (AvgIpc) is 3.21. The minimum atomic E-state index is -0.0325. The van der Waals surface area contributed by atoms with Crippen LogP contribution in [0.25, 0.3) is 5.69 Å². The van der Waals surface area contributed by atoms with Gasteiger partial charge in [-0.25, -0.2) is 9.67 Å². The van der Waals surface area contributed by atoms with E-state index >= 15 is 0 Å². The Hall–Kier alpha value is -2.47. The van der Waals surface area contributed by atoms with E-state index in [9.17, 15) is 4.79 Å². The minimum Gasteiger partial charge on any atom is -0.344 e. The van der Waals surface area contributed by atoms with Crippen molar-refractivity contribution in [1.29, 1.82) is 0 Å². The van der Waals surface area contributed by atoms with E-state index in [0.717, 1.165) is 41.2 Å². The summed E-state index contributed by atoms with van der Waals surface area (Å²) in [7, 11) is 0. The van der Waals surface area contributed by atoms with Gasteiger partial charge in [-0.1, -0.05) is 6.07 Å². The summed E-state index contributed by atoms with van der Waals surface area (Å²) in [6, 6.07) is 6.42. The first-order chi connectivity index (χ1) is 12.9. The van der Waals surface area contributed by atoms with E-state index in [0.29, 0.717) is 4.88 Å². The molecule has 1 aromatic carbocycles. The number of amides is 1. The maximum atomic E-state index is 12.7. The molecule has 0 saturated heterocycles. The summed E-state index contributed by atoms with van der Waals surface area (Å²) in [6.07, 6.45) is 4.87. The Morgan fingerprint density at radius 3 is 2.74 bits per heavy atom. The number of carbonyl (C=O) groups is 1. The molecule has 140 valence electrons. The second-order valence-corrected chi connectivity index (χ2v) is 8.50. The Balaban J connectivity index is 1.63. The first kappa shape index (κ1) is 17.9. The molecule has 6 heteroatoms. The van der Waals surface area contributed by atoms with Crippen LogP contribution in [0.3, 0.4) is 0 Å². The van der Waals surface area contributed by atoms with E-state index in [2.05, 4.69) is 47.4 Å². The predicted octanol–water partition coefficient (Wildman–Crippen LogP) is 4.37. The lowest BCUT2D eigenvalue weighted by atomic mass is 9.92. The van der Waals surface area contributed by atoms with Crippen molar-refractivity contribution in [2.24, 2.45) is 0 Å². The zero-order valence-electron chi connectivity index (χ0n) is 16.2. The molecule has 1 aliphatic carbocycles. The summed E-state index contributed by atoms with van der Waals surface area (Å²) in [4.78, 5) is 17.8. The fourth-order valence-electron chi connectivity index (χ4n) is 3.75. The molecule has 3 aromatic rings. The maximum Gasteiger partial charge on any atom is 0.263 e. The van der Waals surface area contributed by atoms with Gasteiger partial charge < -0.3 is 5.32 Å². The van der Waals surface area contributed by atoms with Crippen LogP contribution in [0.5, 0.6) is 0 Å². The third kappa shape index (κ3) is 3.30. The summed E-state index contributed by atoms with van der Waals surface area (Å²) >= 11 is 1.45. The fraction of sp³-hybridized carbons (Fsp3) is 0.381. The third-order valence-electron chi connectivity index (χ3n) is 5.33. The Bertz CT molecular complexity index is 1020. The van der Waals surface area contributed by atoms with Gasteiger partial charge >= 0.3 is 0 Å². The van der Waals surface area contributed by atoms with E-state index in [1.807, 2.05) is 24.7 Å². The molecule has 1 N–H and O–H groups in total. The molecule has 1 amide bonds. The van der Waals surface area contributed by atoms with Crippen molar-refractivity contribution in [3.63, 3.8) is 0 Å². The Labute approximate surface area is 163 Å². The van der Waals surface area contributed by atoms with E-state index in [1.54, 1.807) is 0 Å². The topological polar surface area (TPSA) is 59.8 Å². The molecule has 2 heterocycles. The van der Waals surface area contributed by atoms with Crippen LogP contribution in [0.1, 0.15) is 61.6 Å². The molecule has 0 bridgehead atoms. The number of fused-ring (bicyclic) bond motifs is 1. The van der Waals surface area contributed by atoms with Crippen LogP contribution in [0.4, 0.5) is 0 Å². The number of hydrogen-bond acceptors (Lipinski definition) is 4. The van der Waals surface area contributed by atoms with E-state index in [1.165, 1.54) is 28.2 Å². The highest BCUT2D eigenvalue weighted by molar-refractivity contribution is 7.13. The molecule has 0 saturated carbocycles. The minimum absolute atomic E-state index is 0.00310. The summed E-state index contributed by atoms with van der Waals surface area (Å²) in [6.45, 7) is 8.06. The number of carbonyl (C=O) groups excluding carboxylic acids is 1. The van der Waals surface area contributed by atoms with Crippen LogP contribution in [0, 0.1) is 27.7 Å². The molecule has 1 unspecified atom stereocenters. The van der Waals surface area contributed by atoms with Crippen molar-refractivity contribution in [3.8, 4) is 5.69 Å². The van der Waals surface area contributed by atoms with Crippen LogP contribution in [-0.2, 0) is 6.42 Å². The number of aryl methyl sites for hydroxylation is 4. The van der Waals surface area contributed by atoms with Crippen LogP contribution < -0.4 is 5.32 Å². The number of benzene rings is 1. The van der Waals surface area contributed by atoms with Crippen molar-refractivity contribution in [3.05, 3.63) is 62.4 Å². The SMILES string of the molecule is Cc1nc(C)c(C(=O)NC2CCCc3c2cnn3-c2ccc(C)c(C)c2)s1. The number of hydrogen-bond donors (Lipinski definition) is 1. The van der Waals surface area contributed by atoms with Gasteiger partial charge in [0.2, 0.25) is 0 Å². The number of nitrogens with one attached hydrogen (secondary N) is 1. The number of thiazole rings is 1. The molecule has 2 aromatic heterocycles. The van der Waals surface area contributed by atoms with E-state index in [4.69, 9.17) is 0 Å². The first-order valence-corrected chi connectivity index (χ1v) is 10.1. The van der Waals surface area contributed by atoms with Gasteiger partial charge in [0.1, 0.15) is 4.88 Å². The van der Waals surface area contributed by atoms with Crippen molar-refractivity contribution >= 4 is 17.2 Å². The van der Waals surface area contributed by atoms with Gasteiger partial charge in [0, 0.05) is 11.3 Å². The van der Waals surface area contributed by atoms with Crippen molar-refractivity contribution in [2.75, 3.05) is 0 Å². The Morgan fingerprint density at radius 1 is 1.22 bits per heavy atom. The van der Waals surface area contributed by atoms with Gasteiger partial charge in [0.15, 0.2) is 0 Å². The van der Waals surface area contributed by atoms with Crippen molar-refractivity contribution in [1.82, 2.24) is 20.1 Å². The largest absolute Gasteiger partial charge is 0.344 e. The summed E-state index contributed by atoms with van der Waals surface area (Å²) in [5.74, 6) is -0.0325. The predicted molar refractivity (Wildman–Crippen MR) is 108 cm³/mol.